The Morgan fingerprint density at radius 3 is 2.97 bits per heavy atom. The Labute approximate surface area is 198 Å². The predicted molar refractivity (Wildman–Crippen MR) is 127 cm³/mol. The van der Waals surface area contributed by atoms with Crippen LogP contribution in [-0.2, 0) is 16.0 Å². The van der Waals surface area contributed by atoms with Crippen molar-refractivity contribution < 1.29 is 28.8 Å². The maximum Gasteiger partial charge on any atom is 0.374 e. The molecule has 0 amide bonds. The quantitative estimate of drug-likeness (QED) is 0.620. The highest BCUT2D eigenvalue weighted by atomic mass is 16.6. The average Bonchev–Trinajstić information content (AvgIpc) is 3.49. The molecule has 0 saturated heterocycles. The van der Waals surface area contributed by atoms with Crippen LogP contribution in [0.25, 0.3) is 5.57 Å². The van der Waals surface area contributed by atoms with Crippen molar-refractivity contribution in [1.82, 2.24) is 4.90 Å². The van der Waals surface area contributed by atoms with Gasteiger partial charge in [-0.2, -0.15) is 0 Å². The molecule has 0 fully saturated rings. The van der Waals surface area contributed by atoms with Crippen molar-refractivity contribution in [2.45, 2.75) is 44.9 Å². The second kappa shape index (κ2) is 8.36. The van der Waals surface area contributed by atoms with Crippen LogP contribution in [0, 0.1) is 0 Å². The molecule has 4 heterocycles. The molecule has 0 spiro atoms. The van der Waals surface area contributed by atoms with Crippen molar-refractivity contribution in [2.75, 3.05) is 19.8 Å². The minimum atomic E-state index is -1.05. The summed E-state index contributed by atoms with van der Waals surface area (Å²) in [6, 6.07) is 1.88. The number of aliphatic imine (C=N–C) groups is 1. The highest BCUT2D eigenvalue weighted by Gasteiger charge is 2.39. The third-order valence-electron chi connectivity index (χ3n) is 6.26. The van der Waals surface area contributed by atoms with Crippen molar-refractivity contribution in [3.63, 3.8) is 0 Å². The van der Waals surface area contributed by atoms with Gasteiger partial charge in [-0.25, -0.2) is 4.79 Å². The Kier molecular flexibility index (Phi) is 5.48. The number of carbonyl (C=O) groups excluding carboxylic acids is 1. The molecule has 1 aromatic rings. The van der Waals surface area contributed by atoms with Crippen molar-refractivity contribution in [3.05, 3.63) is 60.2 Å². The van der Waals surface area contributed by atoms with E-state index < -0.39 is 17.7 Å². The average molecular weight is 465 g/mol. The lowest BCUT2D eigenvalue weighted by Gasteiger charge is -2.25. The normalized spacial score (nSPS) is 21.9. The monoisotopic (exact) mass is 464 g/mol. The molecule has 178 valence electrons. The number of hydrogen-bond acceptors (Lipinski definition) is 8. The molecule has 0 aromatic heterocycles. The number of rotatable bonds is 7. The van der Waals surface area contributed by atoms with Gasteiger partial charge in [0.1, 0.15) is 30.0 Å². The Bertz CT molecular complexity index is 1170. The molecule has 0 bridgehead atoms. The summed E-state index contributed by atoms with van der Waals surface area (Å²) >= 11 is 0. The van der Waals surface area contributed by atoms with Gasteiger partial charge in [-0.05, 0) is 44.6 Å². The zero-order valence-corrected chi connectivity index (χ0v) is 19.5. The van der Waals surface area contributed by atoms with E-state index in [1.54, 1.807) is 32.9 Å². The molecule has 8 heteroatoms. The summed E-state index contributed by atoms with van der Waals surface area (Å²) in [5, 5.41) is 10.6. The first-order valence-electron chi connectivity index (χ1n) is 11.4. The SMILES string of the molecule is C=C1C=C(C(=O)OCC)Oc2cc3c(c(OCCN4C=CC5=NC=CC54)c21)C[C@@H](C(C)(C)O)O3. The molecule has 1 unspecified atom stereocenters. The van der Waals surface area contributed by atoms with E-state index in [2.05, 4.69) is 22.5 Å². The molecule has 34 heavy (non-hydrogen) atoms. The van der Waals surface area contributed by atoms with Gasteiger partial charge in [-0.15, -0.1) is 0 Å². The Morgan fingerprint density at radius 2 is 2.21 bits per heavy atom. The fraction of sp³-hybridized carbons (Fsp3) is 0.385. The van der Waals surface area contributed by atoms with E-state index in [-0.39, 0.29) is 18.4 Å². The minimum Gasteiger partial charge on any atom is -0.491 e. The first-order chi connectivity index (χ1) is 16.3. The second-order valence-electron chi connectivity index (χ2n) is 9.12. The number of hydrogen-bond donors (Lipinski definition) is 1. The summed E-state index contributed by atoms with van der Waals surface area (Å²) in [5.41, 5.74) is 2.09. The Hall–Kier alpha value is -3.52. The van der Waals surface area contributed by atoms with Crippen molar-refractivity contribution >= 4 is 17.3 Å². The number of fused-ring (bicyclic) bond motifs is 3. The highest BCUT2D eigenvalue weighted by Crippen LogP contribution is 2.49. The van der Waals surface area contributed by atoms with Crippen LogP contribution < -0.4 is 14.2 Å². The van der Waals surface area contributed by atoms with E-state index in [1.807, 2.05) is 18.5 Å². The zero-order chi connectivity index (χ0) is 24.0. The topological polar surface area (TPSA) is 89.8 Å². The Balaban J connectivity index is 1.43. The van der Waals surface area contributed by atoms with Gasteiger partial charge < -0.3 is 29.0 Å². The van der Waals surface area contributed by atoms with Crippen LogP contribution in [0.15, 0.2) is 54.0 Å². The molecule has 4 aliphatic heterocycles. The maximum atomic E-state index is 12.3. The molecule has 8 nitrogen and oxygen atoms in total. The summed E-state index contributed by atoms with van der Waals surface area (Å²) in [6.07, 6.45) is 9.50. The lowest BCUT2D eigenvalue weighted by Crippen LogP contribution is -2.39. The molecular formula is C26H28N2O6. The largest absolute Gasteiger partial charge is 0.491 e. The van der Waals surface area contributed by atoms with Crippen LogP contribution in [0.1, 0.15) is 31.9 Å². The number of aliphatic hydroxyl groups is 1. The van der Waals surface area contributed by atoms with E-state index in [0.717, 1.165) is 11.3 Å². The molecule has 1 N–H and O–H groups in total. The number of carbonyl (C=O) groups is 1. The molecule has 0 radical (unpaired) electrons. The molecule has 0 saturated carbocycles. The fourth-order valence-electron chi connectivity index (χ4n) is 4.49. The first kappa shape index (κ1) is 22.3. The number of nitrogens with zero attached hydrogens (tertiary/aromatic N) is 2. The standard InChI is InChI=1S/C26H28N2O6/c1-5-31-25(29)21-12-15(2)23-20(33-21)14-19-16(13-22(34-19)26(3,4)30)24(23)32-11-10-28-9-7-17-18(28)6-8-27-17/h6-9,12,14,18,22,30H,2,5,10-11,13H2,1,3-4H3/t18?,22-/m0/s1. The van der Waals surface area contributed by atoms with Crippen molar-refractivity contribution in [1.29, 1.82) is 0 Å². The van der Waals surface area contributed by atoms with E-state index in [9.17, 15) is 9.90 Å². The Morgan fingerprint density at radius 1 is 1.38 bits per heavy atom. The highest BCUT2D eigenvalue weighted by molar-refractivity contribution is 6.04. The van der Waals surface area contributed by atoms with Gasteiger partial charge in [0.2, 0.25) is 5.76 Å². The number of allylic oxidation sites excluding steroid dienone is 2. The number of esters is 1. The van der Waals surface area contributed by atoms with Gasteiger partial charge >= 0.3 is 5.97 Å². The first-order valence-corrected chi connectivity index (χ1v) is 11.4. The van der Waals surface area contributed by atoms with Crippen LogP contribution in [0.5, 0.6) is 17.2 Å². The van der Waals surface area contributed by atoms with Crippen LogP contribution in [0.3, 0.4) is 0 Å². The summed E-state index contributed by atoms with van der Waals surface area (Å²) in [5.74, 6) is 1.07. The van der Waals surface area contributed by atoms with Gasteiger partial charge in [0.25, 0.3) is 0 Å². The smallest absolute Gasteiger partial charge is 0.374 e. The molecule has 0 aliphatic carbocycles. The van der Waals surface area contributed by atoms with Crippen molar-refractivity contribution in [3.8, 4) is 17.2 Å². The van der Waals surface area contributed by atoms with E-state index in [1.165, 1.54) is 0 Å². The van der Waals surface area contributed by atoms with Crippen LogP contribution in [0.4, 0.5) is 0 Å². The van der Waals surface area contributed by atoms with Crippen LogP contribution >= 0.6 is 0 Å². The summed E-state index contributed by atoms with van der Waals surface area (Å²) in [7, 11) is 0. The van der Waals surface area contributed by atoms with Gasteiger partial charge in [0.15, 0.2) is 0 Å². The van der Waals surface area contributed by atoms with Crippen LogP contribution in [-0.4, -0.2) is 59.2 Å². The summed E-state index contributed by atoms with van der Waals surface area (Å²) in [4.78, 5) is 18.8. The lowest BCUT2D eigenvalue weighted by atomic mass is 9.93. The number of benzene rings is 1. The third-order valence-corrected chi connectivity index (χ3v) is 6.26. The van der Waals surface area contributed by atoms with Gasteiger partial charge in [-0.1, -0.05) is 6.58 Å². The van der Waals surface area contributed by atoms with E-state index >= 15 is 0 Å². The summed E-state index contributed by atoms with van der Waals surface area (Å²) < 4.78 is 23.4. The van der Waals surface area contributed by atoms with Crippen molar-refractivity contribution in [2.24, 2.45) is 4.99 Å². The fourth-order valence-corrected chi connectivity index (χ4v) is 4.49. The number of ether oxygens (including phenoxy) is 4. The maximum absolute atomic E-state index is 12.3. The van der Waals surface area contributed by atoms with Gasteiger partial charge in [0, 0.05) is 30.5 Å². The van der Waals surface area contributed by atoms with Gasteiger partial charge in [-0.3, -0.25) is 4.99 Å². The summed E-state index contributed by atoms with van der Waals surface area (Å²) in [6.45, 7) is 10.6. The molecule has 1 aromatic carbocycles. The second-order valence-corrected chi connectivity index (χ2v) is 9.12. The molecule has 5 rings (SSSR count). The lowest BCUT2D eigenvalue weighted by molar-refractivity contribution is -0.141. The molecule has 4 aliphatic rings. The van der Waals surface area contributed by atoms with Gasteiger partial charge in [0.05, 0.1) is 36.1 Å². The minimum absolute atomic E-state index is 0.0596. The molecular weight excluding hydrogens is 436 g/mol. The van der Waals surface area contributed by atoms with E-state index in [0.29, 0.717) is 48.0 Å². The predicted octanol–water partition coefficient (Wildman–Crippen LogP) is 3.16. The third kappa shape index (κ3) is 3.88. The van der Waals surface area contributed by atoms with E-state index in [4.69, 9.17) is 18.9 Å². The zero-order valence-electron chi connectivity index (χ0n) is 19.5. The molecule has 2 atom stereocenters. The van der Waals surface area contributed by atoms with Crippen LogP contribution in [0.2, 0.25) is 0 Å².